The third-order valence-electron chi connectivity index (χ3n) is 3.15. The van der Waals surface area contributed by atoms with E-state index in [0.717, 1.165) is 11.8 Å². The molecular weight excluding hydrogens is 446 g/mol. The topological polar surface area (TPSA) is 80.3 Å². The number of fused-ring (bicyclic) bond motifs is 1. The summed E-state index contributed by atoms with van der Waals surface area (Å²) in [6, 6.07) is 6.46. The molecule has 5 nitrogen and oxygen atoms in total. The number of imide groups is 1. The standard InChI is InChI=1S/C12H7Br2NO4S2/c13-8-7(9-11(16)15-12(17)20-9)5-3-1-2-4-6(5)21(18,19)10(8)14/h1-4,8,10H,(H,15,16,17). The van der Waals surface area contributed by atoms with Gasteiger partial charge in [0, 0.05) is 0 Å². The van der Waals surface area contributed by atoms with Crippen LogP contribution in [-0.2, 0) is 14.6 Å². The maximum Gasteiger partial charge on any atom is 0.290 e. The van der Waals surface area contributed by atoms with Crippen molar-refractivity contribution < 1.29 is 18.0 Å². The summed E-state index contributed by atoms with van der Waals surface area (Å²) in [7, 11) is -3.55. The van der Waals surface area contributed by atoms with E-state index in [1.165, 1.54) is 6.07 Å². The number of carbonyl (C=O) groups is 2. The predicted molar refractivity (Wildman–Crippen MR) is 87.1 cm³/mol. The molecule has 1 N–H and O–H groups in total. The largest absolute Gasteiger partial charge is 0.290 e. The van der Waals surface area contributed by atoms with Gasteiger partial charge in [0.2, 0.25) is 0 Å². The highest BCUT2D eigenvalue weighted by molar-refractivity contribution is 9.13. The molecule has 2 aliphatic heterocycles. The first-order valence-corrected chi connectivity index (χ1v) is 9.92. The minimum absolute atomic E-state index is 0.151. The lowest BCUT2D eigenvalue weighted by Crippen LogP contribution is -2.32. The molecule has 3 rings (SSSR count). The third-order valence-corrected chi connectivity index (χ3v) is 9.93. The number of nitrogens with one attached hydrogen (secondary N) is 1. The second-order valence-electron chi connectivity index (χ2n) is 4.38. The number of sulfone groups is 1. The fourth-order valence-corrected chi connectivity index (χ4v) is 6.85. The number of carbonyl (C=O) groups excluding carboxylic acids is 2. The highest BCUT2D eigenvalue weighted by Gasteiger charge is 2.44. The first kappa shape index (κ1) is 15.3. The van der Waals surface area contributed by atoms with Gasteiger partial charge in [-0.3, -0.25) is 14.9 Å². The van der Waals surface area contributed by atoms with Gasteiger partial charge in [-0.1, -0.05) is 50.1 Å². The van der Waals surface area contributed by atoms with Crippen molar-refractivity contribution in [2.45, 2.75) is 13.9 Å². The number of rotatable bonds is 0. The lowest BCUT2D eigenvalue weighted by atomic mass is 10.0. The normalized spacial score (nSPS) is 31.0. The first-order chi connectivity index (χ1) is 9.84. The smallest absolute Gasteiger partial charge is 0.282 e. The molecule has 2 unspecified atom stereocenters. The van der Waals surface area contributed by atoms with Gasteiger partial charge in [-0.2, -0.15) is 0 Å². The molecule has 0 aliphatic carbocycles. The van der Waals surface area contributed by atoms with Crippen LogP contribution in [0.15, 0.2) is 34.1 Å². The zero-order valence-corrected chi connectivity index (χ0v) is 15.0. The SMILES string of the molecule is O=C1NC(=O)C(=C2c3ccccc3S(=O)(=O)C(Br)C2Br)S1. The van der Waals surface area contributed by atoms with Crippen LogP contribution in [0.3, 0.4) is 0 Å². The molecule has 0 radical (unpaired) electrons. The Labute approximate surface area is 141 Å². The molecule has 0 saturated carbocycles. The van der Waals surface area contributed by atoms with E-state index in [4.69, 9.17) is 0 Å². The van der Waals surface area contributed by atoms with Gasteiger partial charge in [-0.15, -0.1) is 0 Å². The van der Waals surface area contributed by atoms with E-state index in [0.29, 0.717) is 11.1 Å². The van der Waals surface area contributed by atoms with E-state index >= 15 is 0 Å². The molecule has 21 heavy (non-hydrogen) atoms. The highest BCUT2D eigenvalue weighted by Crippen LogP contribution is 2.47. The Morgan fingerprint density at radius 2 is 1.81 bits per heavy atom. The Kier molecular flexibility index (Phi) is 3.79. The Bertz CT molecular complexity index is 803. The number of thioether (sulfide) groups is 1. The van der Waals surface area contributed by atoms with Crippen molar-refractivity contribution in [3.8, 4) is 0 Å². The maximum absolute atomic E-state index is 12.4. The molecule has 1 fully saturated rings. The Morgan fingerprint density at radius 1 is 1.14 bits per heavy atom. The Morgan fingerprint density at radius 3 is 2.43 bits per heavy atom. The molecule has 2 heterocycles. The zero-order chi connectivity index (χ0) is 15.4. The average Bonchev–Trinajstić information content (AvgIpc) is 2.76. The van der Waals surface area contributed by atoms with Crippen molar-refractivity contribution in [2.75, 3.05) is 0 Å². The quantitative estimate of drug-likeness (QED) is 0.483. The summed E-state index contributed by atoms with van der Waals surface area (Å²) in [6.07, 6.45) is 0. The summed E-state index contributed by atoms with van der Waals surface area (Å²) in [5.41, 5.74) is 0.957. The molecule has 1 saturated heterocycles. The molecular formula is C12H7Br2NO4S2. The van der Waals surface area contributed by atoms with Crippen molar-refractivity contribution in [1.82, 2.24) is 5.32 Å². The highest BCUT2D eigenvalue weighted by atomic mass is 79.9. The lowest BCUT2D eigenvalue weighted by Gasteiger charge is -2.29. The molecule has 1 aromatic rings. The van der Waals surface area contributed by atoms with E-state index in [1.54, 1.807) is 18.2 Å². The van der Waals surface area contributed by atoms with Crippen LogP contribution in [0.1, 0.15) is 5.56 Å². The minimum atomic E-state index is -3.55. The zero-order valence-electron chi connectivity index (χ0n) is 10.2. The molecule has 110 valence electrons. The van der Waals surface area contributed by atoms with Crippen molar-refractivity contribution >= 4 is 70.2 Å². The second kappa shape index (κ2) is 5.22. The van der Waals surface area contributed by atoms with Crippen molar-refractivity contribution in [3.05, 3.63) is 34.7 Å². The molecule has 0 aromatic heterocycles. The van der Waals surface area contributed by atoms with Gasteiger partial charge in [-0.05, 0) is 29.0 Å². The van der Waals surface area contributed by atoms with Crippen molar-refractivity contribution in [2.24, 2.45) is 0 Å². The molecule has 2 aliphatic rings. The maximum atomic E-state index is 12.4. The first-order valence-electron chi connectivity index (χ1n) is 5.73. The van der Waals surface area contributed by atoms with Crippen LogP contribution in [0.25, 0.3) is 5.57 Å². The molecule has 0 bridgehead atoms. The lowest BCUT2D eigenvalue weighted by molar-refractivity contribution is -0.115. The molecule has 9 heteroatoms. The summed E-state index contributed by atoms with van der Waals surface area (Å²) in [5, 5.41) is 1.73. The third kappa shape index (κ3) is 2.30. The molecule has 2 amide bonds. The fraction of sp³-hybridized carbons (Fsp3) is 0.167. The van der Waals surface area contributed by atoms with Crippen LogP contribution >= 0.6 is 43.6 Å². The van der Waals surface area contributed by atoms with Crippen LogP contribution in [0.2, 0.25) is 0 Å². The number of hydrogen-bond donors (Lipinski definition) is 1. The summed E-state index contributed by atoms with van der Waals surface area (Å²) >= 11 is 7.29. The summed E-state index contributed by atoms with van der Waals surface area (Å²) in [5.74, 6) is -0.502. The van der Waals surface area contributed by atoms with Gasteiger partial charge in [0.15, 0.2) is 9.84 Å². The Balaban J connectivity index is 2.35. The summed E-state index contributed by atoms with van der Waals surface area (Å²) in [4.78, 5) is 23.0. The van der Waals surface area contributed by atoms with Gasteiger partial charge < -0.3 is 0 Å². The average molecular weight is 453 g/mol. The van der Waals surface area contributed by atoms with Crippen LogP contribution in [-0.4, -0.2) is 28.6 Å². The van der Waals surface area contributed by atoms with Crippen molar-refractivity contribution in [1.29, 1.82) is 0 Å². The van der Waals surface area contributed by atoms with E-state index < -0.39 is 30.0 Å². The van der Waals surface area contributed by atoms with Crippen LogP contribution in [0.5, 0.6) is 0 Å². The summed E-state index contributed by atoms with van der Waals surface area (Å²) in [6.45, 7) is 0. The number of amides is 2. The number of allylic oxidation sites excluding steroid dienone is 1. The van der Waals surface area contributed by atoms with Crippen LogP contribution < -0.4 is 5.32 Å². The molecule has 0 spiro atoms. The van der Waals surface area contributed by atoms with Crippen molar-refractivity contribution in [3.63, 3.8) is 0 Å². The van der Waals surface area contributed by atoms with Gasteiger partial charge >= 0.3 is 0 Å². The van der Waals surface area contributed by atoms with Gasteiger partial charge in [0.25, 0.3) is 11.1 Å². The molecule has 2 atom stereocenters. The van der Waals surface area contributed by atoms with Gasteiger partial charge in [0.1, 0.15) is 4.16 Å². The van der Waals surface area contributed by atoms with Gasteiger partial charge in [0.05, 0.1) is 14.6 Å². The molecule has 1 aromatic carbocycles. The predicted octanol–water partition coefficient (Wildman–Crippen LogP) is 2.65. The second-order valence-corrected chi connectivity index (χ2v) is 9.98. The number of halogens is 2. The number of alkyl halides is 2. The van der Waals surface area contributed by atoms with Crippen LogP contribution in [0.4, 0.5) is 4.79 Å². The van der Waals surface area contributed by atoms with Gasteiger partial charge in [-0.25, -0.2) is 8.42 Å². The Hall–Kier alpha value is -0.640. The summed E-state index contributed by atoms with van der Waals surface area (Å²) < 4.78 is 24.0. The van der Waals surface area contributed by atoms with E-state index in [2.05, 4.69) is 37.2 Å². The fourth-order valence-electron chi connectivity index (χ4n) is 2.23. The van der Waals surface area contributed by atoms with Crippen LogP contribution in [0, 0.1) is 0 Å². The van der Waals surface area contributed by atoms with E-state index in [-0.39, 0.29) is 9.80 Å². The number of hydrogen-bond acceptors (Lipinski definition) is 5. The minimum Gasteiger partial charge on any atom is -0.282 e. The monoisotopic (exact) mass is 451 g/mol. The van der Waals surface area contributed by atoms with E-state index in [1.807, 2.05) is 0 Å². The number of benzene rings is 1. The van der Waals surface area contributed by atoms with E-state index in [9.17, 15) is 18.0 Å².